The van der Waals surface area contributed by atoms with E-state index in [1.54, 1.807) is 0 Å². The summed E-state index contributed by atoms with van der Waals surface area (Å²) in [5.41, 5.74) is 6.93. The molecule has 0 unspecified atom stereocenters. The molecule has 2 aliphatic carbocycles. The van der Waals surface area contributed by atoms with Gasteiger partial charge in [-0.3, -0.25) is 0 Å². The Labute approximate surface area is 195 Å². The topological polar surface area (TPSA) is 40.5 Å². The van der Waals surface area contributed by atoms with Gasteiger partial charge in [-0.25, -0.2) is 0 Å². The minimum Gasteiger partial charge on any atom is -0.507 e. The van der Waals surface area contributed by atoms with E-state index in [-0.39, 0.29) is 10.8 Å². The molecule has 0 radical (unpaired) electrons. The Morgan fingerprint density at radius 2 is 0.938 bits per heavy atom. The molecule has 0 aromatic heterocycles. The number of phenols is 2. The smallest absolute Gasteiger partial charge is 0.122 e. The molecule has 0 atom stereocenters. The predicted octanol–water partition coefficient (Wildman–Crippen LogP) is 7.94. The summed E-state index contributed by atoms with van der Waals surface area (Å²) in [6.07, 6.45) is 13.7. The van der Waals surface area contributed by atoms with Crippen molar-refractivity contribution in [3.63, 3.8) is 0 Å². The van der Waals surface area contributed by atoms with E-state index in [4.69, 9.17) is 0 Å². The van der Waals surface area contributed by atoms with Crippen molar-refractivity contribution in [1.82, 2.24) is 0 Å². The first-order valence-corrected chi connectivity index (χ1v) is 12.9. The van der Waals surface area contributed by atoms with Gasteiger partial charge in [0, 0.05) is 11.1 Å². The maximum atomic E-state index is 11.3. The van der Waals surface area contributed by atoms with Crippen LogP contribution >= 0.6 is 0 Å². The van der Waals surface area contributed by atoms with E-state index in [2.05, 4.69) is 52.0 Å². The van der Waals surface area contributed by atoms with Crippen molar-refractivity contribution in [2.75, 3.05) is 0 Å². The zero-order valence-corrected chi connectivity index (χ0v) is 20.7. The van der Waals surface area contributed by atoms with Crippen LogP contribution in [0.4, 0.5) is 0 Å². The number of rotatable bonds is 5. The van der Waals surface area contributed by atoms with Crippen LogP contribution in [0.1, 0.15) is 111 Å². The number of hydrogen-bond donors (Lipinski definition) is 2. The third-order valence-corrected chi connectivity index (χ3v) is 8.54. The highest BCUT2D eigenvalue weighted by Gasteiger charge is 2.33. The maximum absolute atomic E-state index is 11.3. The third kappa shape index (κ3) is 4.56. The summed E-state index contributed by atoms with van der Waals surface area (Å²) in [6, 6.07) is 8.69. The predicted molar refractivity (Wildman–Crippen MR) is 134 cm³/mol. The van der Waals surface area contributed by atoms with Gasteiger partial charge in [-0.15, -0.1) is 0 Å². The second kappa shape index (κ2) is 9.12. The van der Waals surface area contributed by atoms with Crippen molar-refractivity contribution in [1.29, 1.82) is 0 Å². The van der Waals surface area contributed by atoms with Gasteiger partial charge in [-0.1, -0.05) is 87.8 Å². The summed E-state index contributed by atoms with van der Waals surface area (Å²) in [5.74, 6) is 0.984. The first-order chi connectivity index (χ1) is 15.2. The molecule has 2 aromatic carbocycles. The average molecular weight is 435 g/mol. The first-order valence-electron chi connectivity index (χ1n) is 12.9. The number of phenolic OH excluding ortho intramolecular Hbond substituents is 2. The van der Waals surface area contributed by atoms with Gasteiger partial charge in [0.25, 0.3) is 0 Å². The number of aromatic hydroxyl groups is 2. The van der Waals surface area contributed by atoms with Crippen molar-refractivity contribution in [2.24, 2.45) is 0 Å². The Bertz CT molecular complexity index is 880. The molecule has 32 heavy (non-hydrogen) atoms. The van der Waals surface area contributed by atoms with Gasteiger partial charge < -0.3 is 10.2 Å². The van der Waals surface area contributed by atoms with Crippen LogP contribution in [0.2, 0.25) is 0 Å². The van der Waals surface area contributed by atoms with E-state index >= 15 is 0 Å². The first kappa shape index (κ1) is 23.2. The van der Waals surface area contributed by atoms with Crippen molar-refractivity contribution in [3.05, 3.63) is 57.6 Å². The molecule has 2 nitrogen and oxygen atoms in total. The van der Waals surface area contributed by atoms with E-state index in [9.17, 15) is 10.2 Å². The summed E-state index contributed by atoms with van der Waals surface area (Å²) >= 11 is 0. The molecule has 174 valence electrons. The standard InChI is InChI=1S/C30H42O2/c1-21-17-23(27(31)25(19-21)29(3)13-7-5-8-14-29)11-12-24-18-22(2)20-26(28(24)32)30(4)15-9-6-10-16-30/h17-20,31-32H,5-16H2,1-4H3. The highest BCUT2D eigenvalue weighted by molar-refractivity contribution is 5.50. The van der Waals surface area contributed by atoms with E-state index in [0.29, 0.717) is 11.5 Å². The van der Waals surface area contributed by atoms with Gasteiger partial charge in [0.15, 0.2) is 0 Å². The lowest BCUT2D eigenvalue weighted by Crippen LogP contribution is -2.25. The molecule has 0 aliphatic heterocycles. The molecule has 0 bridgehead atoms. The summed E-state index contributed by atoms with van der Waals surface area (Å²) in [4.78, 5) is 0. The van der Waals surface area contributed by atoms with Gasteiger partial charge in [0.2, 0.25) is 0 Å². The molecule has 2 fully saturated rings. The van der Waals surface area contributed by atoms with Crippen molar-refractivity contribution in [3.8, 4) is 11.5 Å². The van der Waals surface area contributed by atoms with Gasteiger partial charge in [0.05, 0.1) is 0 Å². The zero-order valence-electron chi connectivity index (χ0n) is 20.7. The highest BCUT2D eigenvalue weighted by atomic mass is 16.3. The molecule has 0 heterocycles. The van der Waals surface area contributed by atoms with E-state index in [1.165, 1.54) is 49.7 Å². The van der Waals surface area contributed by atoms with Crippen molar-refractivity contribution >= 4 is 0 Å². The molecule has 2 heteroatoms. The van der Waals surface area contributed by atoms with E-state index < -0.39 is 0 Å². The Balaban J connectivity index is 1.62. The summed E-state index contributed by atoms with van der Waals surface area (Å²) in [5, 5.41) is 22.5. The summed E-state index contributed by atoms with van der Waals surface area (Å²) in [6.45, 7) is 8.94. The Morgan fingerprint density at radius 3 is 1.28 bits per heavy atom. The van der Waals surface area contributed by atoms with Crippen LogP contribution in [-0.2, 0) is 23.7 Å². The molecule has 4 rings (SSSR count). The average Bonchev–Trinajstić information content (AvgIpc) is 2.76. The highest BCUT2D eigenvalue weighted by Crippen LogP contribution is 2.46. The van der Waals surface area contributed by atoms with Crippen LogP contribution in [0.3, 0.4) is 0 Å². The fourth-order valence-corrected chi connectivity index (χ4v) is 6.48. The van der Waals surface area contributed by atoms with Gasteiger partial charge in [-0.2, -0.15) is 0 Å². The number of hydrogen-bond acceptors (Lipinski definition) is 2. The summed E-state index contributed by atoms with van der Waals surface area (Å²) < 4.78 is 0. The van der Waals surface area contributed by atoms with Crippen LogP contribution in [0.15, 0.2) is 24.3 Å². The lowest BCUT2D eigenvalue weighted by molar-refractivity contribution is 0.306. The van der Waals surface area contributed by atoms with Gasteiger partial charge >= 0.3 is 0 Å². The van der Waals surface area contributed by atoms with E-state index in [0.717, 1.165) is 60.8 Å². The second-order valence-electron chi connectivity index (χ2n) is 11.4. The number of aryl methyl sites for hydroxylation is 4. The van der Waals surface area contributed by atoms with E-state index in [1.807, 2.05) is 0 Å². The van der Waals surface area contributed by atoms with Gasteiger partial charge in [-0.05, 0) is 74.3 Å². The van der Waals surface area contributed by atoms with Crippen LogP contribution in [0.25, 0.3) is 0 Å². The molecule has 0 amide bonds. The molecular weight excluding hydrogens is 392 g/mol. The molecule has 0 spiro atoms. The minimum atomic E-state index is 0.0807. The Morgan fingerprint density at radius 1 is 0.594 bits per heavy atom. The second-order valence-corrected chi connectivity index (χ2v) is 11.4. The maximum Gasteiger partial charge on any atom is 0.122 e. The quantitative estimate of drug-likeness (QED) is 0.501. The Kier molecular flexibility index (Phi) is 6.61. The monoisotopic (exact) mass is 434 g/mol. The third-order valence-electron chi connectivity index (χ3n) is 8.54. The molecule has 0 saturated heterocycles. The normalized spacial score (nSPS) is 20.2. The lowest BCUT2D eigenvalue weighted by Gasteiger charge is -2.35. The van der Waals surface area contributed by atoms with Crippen LogP contribution in [0.5, 0.6) is 11.5 Å². The van der Waals surface area contributed by atoms with Crippen LogP contribution in [0, 0.1) is 13.8 Å². The Hall–Kier alpha value is -1.96. The fourth-order valence-electron chi connectivity index (χ4n) is 6.48. The van der Waals surface area contributed by atoms with Crippen molar-refractivity contribution < 1.29 is 10.2 Å². The molecular formula is C30H42O2. The molecule has 2 aromatic rings. The van der Waals surface area contributed by atoms with Crippen LogP contribution in [-0.4, -0.2) is 10.2 Å². The SMILES string of the molecule is Cc1cc(CCc2cc(C)cc(C3(C)CCCCC3)c2O)c(O)c(C2(C)CCCCC2)c1. The minimum absolute atomic E-state index is 0.0807. The zero-order chi connectivity index (χ0) is 22.9. The largest absolute Gasteiger partial charge is 0.507 e. The lowest BCUT2D eigenvalue weighted by atomic mass is 9.69. The fraction of sp³-hybridized carbons (Fsp3) is 0.600. The molecule has 2 saturated carbocycles. The molecule has 2 aliphatic rings. The van der Waals surface area contributed by atoms with Crippen LogP contribution < -0.4 is 0 Å². The van der Waals surface area contributed by atoms with Crippen molar-refractivity contribution in [2.45, 2.75) is 116 Å². The number of benzene rings is 2. The molecule has 2 N–H and O–H groups in total. The summed E-state index contributed by atoms with van der Waals surface area (Å²) in [7, 11) is 0. The van der Waals surface area contributed by atoms with Gasteiger partial charge in [0.1, 0.15) is 11.5 Å².